The Morgan fingerprint density at radius 1 is 0.426 bits per heavy atom. The van der Waals surface area contributed by atoms with E-state index in [1.165, 1.54) is 32.6 Å². The standard InChI is InChI=1S/C44H28N2O/c1-2-16-31(17-3-1)45-39-22-10-8-20-35(39)37-28-32(25-26-40(37)45)46(38-23-12-15-29-13-4-6-18-33(29)38)41-27-30-14-5-7-19-34(30)44-43(41)36-21-9-11-24-42(36)47-44/h1-28H. The number of rotatable bonds is 4. The van der Waals surface area contributed by atoms with Crippen LogP contribution >= 0.6 is 0 Å². The second-order valence-electron chi connectivity index (χ2n) is 12.1. The van der Waals surface area contributed by atoms with Gasteiger partial charge in [-0.3, -0.25) is 0 Å². The molecule has 3 heteroatoms. The molecule has 0 saturated heterocycles. The molecular weight excluding hydrogens is 572 g/mol. The van der Waals surface area contributed by atoms with Gasteiger partial charge in [0, 0.05) is 38.3 Å². The van der Waals surface area contributed by atoms with Crippen molar-refractivity contribution in [2.24, 2.45) is 0 Å². The van der Waals surface area contributed by atoms with Gasteiger partial charge in [0.25, 0.3) is 0 Å². The summed E-state index contributed by atoms with van der Waals surface area (Å²) in [6.45, 7) is 0. The Kier molecular flexibility index (Phi) is 5.57. The lowest BCUT2D eigenvalue weighted by molar-refractivity contribution is 0.672. The number of fused-ring (bicyclic) bond motifs is 9. The summed E-state index contributed by atoms with van der Waals surface area (Å²) in [6, 6.07) is 60.8. The Bertz CT molecular complexity index is 2800. The normalized spacial score (nSPS) is 11.8. The topological polar surface area (TPSA) is 21.3 Å². The molecule has 0 saturated carbocycles. The van der Waals surface area contributed by atoms with Crippen LogP contribution in [0.15, 0.2) is 174 Å². The largest absolute Gasteiger partial charge is 0.455 e. The fraction of sp³-hybridized carbons (Fsp3) is 0. The van der Waals surface area contributed by atoms with Gasteiger partial charge < -0.3 is 13.9 Å². The Hall–Kier alpha value is -6.32. The maximum Gasteiger partial charge on any atom is 0.145 e. The highest BCUT2D eigenvalue weighted by molar-refractivity contribution is 6.23. The van der Waals surface area contributed by atoms with E-state index in [0.29, 0.717) is 0 Å². The van der Waals surface area contributed by atoms with E-state index in [0.717, 1.165) is 55.5 Å². The molecule has 10 aromatic rings. The highest BCUT2D eigenvalue weighted by atomic mass is 16.3. The summed E-state index contributed by atoms with van der Waals surface area (Å²) in [5.74, 6) is 0. The third-order valence-electron chi connectivity index (χ3n) is 9.53. The molecule has 0 aliphatic heterocycles. The van der Waals surface area contributed by atoms with Crippen LogP contribution in [0.2, 0.25) is 0 Å². The Morgan fingerprint density at radius 3 is 1.96 bits per heavy atom. The van der Waals surface area contributed by atoms with Gasteiger partial charge in [0.1, 0.15) is 11.2 Å². The minimum Gasteiger partial charge on any atom is -0.455 e. The van der Waals surface area contributed by atoms with Gasteiger partial charge in [-0.1, -0.05) is 115 Å². The van der Waals surface area contributed by atoms with Crippen molar-refractivity contribution in [1.29, 1.82) is 0 Å². The van der Waals surface area contributed by atoms with Gasteiger partial charge >= 0.3 is 0 Å². The molecule has 3 nitrogen and oxygen atoms in total. The molecule has 47 heavy (non-hydrogen) atoms. The Labute approximate surface area is 271 Å². The van der Waals surface area contributed by atoms with E-state index in [2.05, 4.69) is 173 Å². The van der Waals surface area contributed by atoms with E-state index in [-0.39, 0.29) is 0 Å². The van der Waals surface area contributed by atoms with Gasteiger partial charge in [0.05, 0.1) is 27.8 Å². The Morgan fingerprint density at radius 2 is 1.09 bits per heavy atom. The zero-order valence-electron chi connectivity index (χ0n) is 25.5. The van der Waals surface area contributed by atoms with Crippen LogP contribution in [0.5, 0.6) is 0 Å². The van der Waals surface area contributed by atoms with Crippen molar-refractivity contribution in [2.45, 2.75) is 0 Å². The molecule has 2 heterocycles. The molecule has 0 N–H and O–H groups in total. The van der Waals surface area contributed by atoms with Gasteiger partial charge in [-0.2, -0.15) is 0 Å². The SMILES string of the molecule is c1ccc(-n2c3ccccc3c3cc(N(c4cccc5ccccc45)c4cc5ccccc5c5oc6ccccc6c45)ccc32)cc1. The predicted molar refractivity (Wildman–Crippen MR) is 198 cm³/mol. The number of anilines is 3. The van der Waals surface area contributed by atoms with Crippen molar-refractivity contribution in [3.8, 4) is 5.69 Å². The fourth-order valence-electron chi connectivity index (χ4n) is 7.48. The van der Waals surface area contributed by atoms with Crippen molar-refractivity contribution in [3.63, 3.8) is 0 Å². The first-order valence-corrected chi connectivity index (χ1v) is 16.0. The van der Waals surface area contributed by atoms with E-state index in [1.807, 2.05) is 6.07 Å². The fourth-order valence-corrected chi connectivity index (χ4v) is 7.48. The van der Waals surface area contributed by atoms with E-state index < -0.39 is 0 Å². The lowest BCUT2D eigenvalue weighted by atomic mass is 10.0. The maximum atomic E-state index is 6.67. The summed E-state index contributed by atoms with van der Waals surface area (Å²) in [5, 5.41) is 9.29. The van der Waals surface area contributed by atoms with Gasteiger partial charge in [-0.25, -0.2) is 0 Å². The maximum absolute atomic E-state index is 6.67. The zero-order valence-corrected chi connectivity index (χ0v) is 25.5. The number of nitrogens with zero attached hydrogens (tertiary/aromatic N) is 2. The first kappa shape index (κ1) is 26.0. The molecule has 8 aromatic carbocycles. The van der Waals surface area contributed by atoms with Gasteiger partial charge in [0.15, 0.2) is 0 Å². The van der Waals surface area contributed by atoms with Crippen LogP contribution in [0, 0.1) is 0 Å². The molecule has 0 aliphatic carbocycles. The minimum atomic E-state index is 0.888. The van der Waals surface area contributed by atoms with E-state index in [9.17, 15) is 0 Å². The first-order valence-electron chi connectivity index (χ1n) is 16.0. The quantitative estimate of drug-likeness (QED) is 0.200. The van der Waals surface area contributed by atoms with Crippen LogP contribution in [0.4, 0.5) is 17.1 Å². The van der Waals surface area contributed by atoms with E-state index >= 15 is 0 Å². The number of hydrogen-bond acceptors (Lipinski definition) is 2. The summed E-state index contributed by atoms with van der Waals surface area (Å²) in [7, 11) is 0. The summed E-state index contributed by atoms with van der Waals surface area (Å²) >= 11 is 0. The third-order valence-corrected chi connectivity index (χ3v) is 9.53. The summed E-state index contributed by atoms with van der Waals surface area (Å²) in [4.78, 5) is 2.44. The molecule has 0 spiro atoms. The molecule has 10 rings (SSSR count). The van der Waals surface area contributed by atoms with Crippen LogP contribution in [0.25, 0.3) is 71.0 Å². The molecule has 0 radical (unpaired) electrons. The summed E-state index contributed by atoms with van der Waals surface area (Å²) in [5.41, 5.74) is 8.62. The average molecular weight is 601 g/mol. The van der Waals surface area contributed by atoms with Crippen LogP contribution < -0.4 is 4.90 Å². The number of benzene rings is 8. The van der Waals surface area contributed by atoms with Crippen LogP contribution in [-0.2, 0) is 0 Å². The molecule has 0 aliphatic rings. The minimum absolute atomic E-state index is 0.888. The molecular formula is C44H28N2O. The molecule has 0 unspecified atom stereocenters. The predicted octanol–water partition coefficient (Wildman–Crippen LogP) is 12.5. The summed E-state index contributed by atoms with van der Waals surface area (Å²) < 4.78 is 9.04. The van der Waals surface area contributed by atoms with E-state index in [4.69, 9.17) is 4.42 Å². The van der Waals surface area contributed by atoms with Crippen molar-refractivity contribution >= 4 is 82.4 Å². The highest BCUT2D eigenvalue weighted by Gasteiger charge is 2.24. The van der Waals surface area contributed by atoms with Crippen molar-refractivity contribution < 1.29 is 4.42 Å². The second-order valence-corrected chi connectivity index (χ2v) is 12.1. The Balaban J connectivity index is 1.34. The average Bonchev–Trinajstić information content (AvgIpc) is 3.69. The van der Waals surface area contributed by atoms with Crippen LogP contribution in [0.1, 0.15) is 0 Å². The molecule has 0 bridgehead atoms. The molecule has 220 valence electrons. The van der Waals surface area contributed by atoms with Crippen LogP contribution in [0.3, 0.4) is 0 Å². The molecule has 0 amide bonds. The van der Waals surface area contributed by atoms with Gasteiger partial charge in [0.2, 0.25) is 0 Å². The zero-order chi connectivity index (χ0) is 30.9. The van der Waals surface area contributed by atoms with Crippen molar-refractivity contribution in [1.82, 2.24) is 4.57 Å². The lowest BCUT2D eigenvalue weighted by Gasteiger charge is -2.28. The molecule has 0 fully saturated rings. The highest BCUT2D eigenvalue weighted by Crippen LogP contribution is 2.48. The first-order chi connectivity index (χ1) is 23.3. The summed E-state index contributed by atoms with van der Waals surface area (Å²) in [6.07, 6.45) is 0. The lowest BCUT2D eigenvalue weighted by Crippen LogP contribution is -2.11. The van der Waals surface area contributed by atoms with Gasteiger partial charge in [-0.05, 0) is 65.4 Å². The monoisotopic (exact) mass is 600 g/mol. The number of furan rings is 1. The van der Waals surface area contributed by atoms with E-state index in [1.54, 1.807) is 0 Å². The smallest absolute Gasteiger partial charge is 0.145 e. The molecule has 0 atom stereocenters. The van der Waals surface area contributed by atoms with Crippen molar-refractivity contribution in [3.05, 3.63) is 170 Å². The van der Waals surface area contributed by atoms with Gasteiger partial charge in [-0.15, -0.1) is 0 Å². The molecule has 2 aromatic heterocycles. The number of hydrogen-bond donors (Lipinski definition) is 0. The number of para-hydroxylation sites is 3. The van der Waals surface area contributed by atoms with Crippen LogP contribution in [-0.4, -0.2) is 4.57 Å². The van der Waals surface area contributed by atoms with Crippen molar-refractivity contribution in [2.75, 3.05) is 4.90 Å². The number of aromatic nitrogens is 1. The third kappa shape index (κ3) is 3.87. The second kappa shape index (κ2) is 10.1.